The first-order chi connectivity index (χ1) is 12.3. The third kappa shape index (κ3) is 3.56. The van der Waals surface area contributed by atoms with Crippen LogP contribution >= 0.6 is 0 Å². The Kier molecular flexibility index (Phi) is 4.47. The minimum absolute atomic E-state index is 0.0370. The Morgan fingerprint density at radius 1 is 1.24 bits per heavy atom. The molecular weight excluding hydrogens is 321 g/mol. The number of nitrogens with zero attached hydrogens (tertiary/aromatic N) is 5. The first-order valence-corrected chi connectivity index (χ1v) is 8.38. The van der Waals surface area contributed by atoms with Crippen molar-refractivity contribution in [1.29, 1.82) is 0 Å². The molecule has 1 aliphatic rings. The number of aromatic nitrogens is 4. The van der Waals surface area contributed by atoms with E-state index in [4.69, 9.17) is 4.52 Å². The Morgan fingerprint density at radius 3 is 3.04 bits per heavy atom. The minimum atomic E-state index is -0.214. The summed E-state index contributed by atoms with van der Waals surface area (Å²) in [5, 5.41) is 4.04. The molecule has 25 heavy (non-hydrogen) atoms. The first kappa shape index (κ1) is 15.8. The molecule has 0 unspecified atom stereocenters. The summed E-state index contributed by atoms with van der Waals surface area (Å²) in [5.41, 5.74) is 1.53. The lowest BCUT2D eigenvalue weighted by molar-refractivity contribution is 0.111. The third-order valence-corrected chi connectivity index (χ3v) is 4.41. The van der Waals surface area contributed by atoms with Crippen molar-refractivity contribution in [2.75, 3.05) is 6.54 Å². The maximum atomic E-state index is 13.5. The highest BCUT2D eigenvalue weighted by molar-refractivity contribution is 5.45. The van der Waals surface area contributed by atoms with E-state index in [2.05, 4.69) is 25.0 Å². The maximum absolute atomic E-state index is 13.5. The van der Waals surface area contributed by atoms with E-state index in [0.29, 0.717) is 24.0 Å². The van der Waals surface area contributed by atoms with Gasteiger partial charge in [0.05, 0.1) is 12.2 Å². The van der Waals surface area contributed by atoms with Gasteiger partial charge in [-0.25, -0.2) is 9.37 Å². The number of hydrogen-bond donors (Lipinski definition) is 0. The second-order valence-corrected chi connectivity index (χ2v) is 6.16. The summed E-state index contributed by atoms with van der Waals surface area (Å²) in [7, 11) is 0. The van der Waals surface area contributed by atoms with Crippen molar-refractivity contribution in [3.63, 3.8) is 0 Å². The number of hydrogen-bond acceptors (Lipinski definition) is 6. The Morgan fingerprint density at radius 2 is 2.20 bits per heavy atom. The second kappa shape index (κ2) is 7.06. The highest BCUT2D eigenvalue weighted by Gasteiger charge is 2.29. The normalized spacial score (nSPS) is 18.4. The van der Waals surface area contributed by atoms with Crippen molar-refractivity contribution in [1.82, 2.24) is 25.0 Å². The zero-order chi connectivity index (χ0) is 17.1. The van der Waals surface area contributed by atoms with Gasteiger partial charge in [-0.2, -0.15) is 4.98 Å². The SMILES string of the molecule is Fc1cccc(CN2CCCC[C@@H]2c2nc(-c3cnccn3)no2)c1. The number of benzene rings is 1. The number of likely N-dealkylation sites (tertiary alicyclic amines) is 1. The van der Waals surface area contributed by atoms with Crippen LogP contribution in [0.2, 0.25) is 0 Å². The van der Waals surface area contributed by atoms with Crippen LogP contribution in [0, 0.1) is 5.82 Å². The van der Waals surface area contributed by atoms with Crippen LogP contribution in [0.15, 0.2) is 47.4 Å². The first-order valence-electron chi connectivity index (χ1n) is 8.38. The van der Waals surface area contributed by atoms with Crippen LogP contribution in [0.4, 0.5) is 4.39 Å². The van der Waals surface area contributed by atoms with Crippen LogP contribution in [0.5, 0.6) is 0 Å². The topological polar surface area (TPSA) is 67.9 Å². The van der Waals surface area contributed by atoms with Gasteiger partial charge in [0.2, 0.25) is 11.7 Å². The fourth-order valence-corrected chi connectivity index (χ4v) is 3.22. The van der Waals surface area contributed by atoms with Gasteiger partial charge in [-0.05, 0) is 37.1 Å². The number of piperidine rings is 1. The van der Waals surface area contributed by atoms with Crippen LogP contribution < -0.4 is 0 Å². The zero-order valence-corrected chi connectivity index (χ0v) is 13.7. The molecule has 7 heteroatoms. The molecule has 0 radical (unpaired) electrons. The van der Waals surface area contributed by atoms with Crippen molar-refractivity contribution in [2.45, 2.75) is 31.8 Å². The molecule has 0 N–H and O–H groups in total. The van der Waals surface area contributed by atoms with Crippen LogP contribution in [0.3, 0.4) is 0 Å². The smallest absolute Gasteiger partial charge is 0.244 e. The molecule has 1 aromatic carbocycles. The molecule has 1 saturated heterocycles. The average molecular weight is 339 g/mol. The van der Waals surface area contributed by atoms with Gasteiger partial charge in [0.1, 0.15) is 11.5 Å². The van der Waals surface area contributed by atoms with E-state index in [1.807, 2.05) is 6.07 Å². The van der Waals surface area contributed by atoms with Crippen molar-refractivity contribution < 1.29 is 8.91 Å². The molecule has 0 bridgehead atoms. The fraction of sp³-hybridized carbons (Fsp3) is 0.333. The van der Waals surface area contributed by atoms with Crippen molar-refractivity contribution in [3.8, 4) is 11.5 Å². The van der Waals surface area contributed by atoms with E-state index in [-0.39, 0.29) is 11.9 Å². The summed E-state index contributed by atoms with van der Waals surface area (Å²) in [4.78, 5) is 15.0. The van der Waals surface area contributed by atoms with Gasteiger partial charge in [0.15, 0.2) is 0 Å². The Labute approximate surface area is 144 Å². The van der Waals surface area contributed by atoms with Crippen LogP contribution in [-0.4, -0.2) is 31.6 Å². The molecular formula is C18H18FN5O. The molecule has 3 aromatic rings. The number of rotatable bonds is 4. The summed E-state index contributed by atoms with van der Waals surface area (Å²) >= 11 is 0. The molecule has 1 fully saturated rings. The second-order valence-electron chi connectivity index (χ2n) is 6.16. The molecule has 0 saturated carbocycles. The monoisotopic (exact) mass is 339 g/mol. The molecule has 2 aromatic heterocycles. The maximum Gasteiger partial charge on any atom is 0.244 e. The van der Waals surface area contributed by atoms with Crippen molar-refractivity contribution >= 4 is 0 Å². The Bertz CT molecular complexity index is 838. The standard InChI is InChI=1S/C18H18FN5O/c19-14-5-3-4-13(10-14)12-24-9-2-1-6-16(24)18-22-17(23-25-18)15-11-20-7-8-21-15/h3-5,7-8,10-11,16H,1-2,6,9,12H2/t16-/m1/s1. The highest BCUT2D eigenvalue weighted by atomic mass is 19.1. The molecule has 0 spiro atoms. The van der Waals surface area contributed by atoms with Gasteiger partial charge in [-0.1, -0.05) is 23.7 Å². The van der Waals surface area contributed by atoms with Gasteiger partial charge in [-0.3, -0.25) is 9.88 Å². The van der Waals surface area contributed by atoms with Gasteiger partial charge < -0.3 is 4.52 Å². The highest BCUT2D eigenvalue weighted by Crippen LogP contribution is 2.32. The van der Waals surface area contributed by atoms with Crippen LogP contribution in [0.1, 0.15) is 36.8 Å². The minimum Gasteiger partial charge on any atom is -0.337 e. The zero-order valence-electron chi connectivity index (χ0n) is 13.7. The molecule has 1 atom stereocenters. The van der Waals surface area contributed by atoms with Gasteiger partial charge >= 0.3 is 0 Å². The average Bonchev–Trinajstić information content (AvgIpc) is 3.13. The molecule has 6 nitrogen and oxygen atoms in total. The summed E-state index contributed by atoms with van der Waals surface area (Å²) in [6.45, 7) is 1.58. The van der Waals surface area contributed by atoms with Gasteiger partial charge in [0, 0.05) is 18.9 Å². The summed E-state index contributed by atoms with van der Waals surface area (Å²) in [5.74, 6) is 0.810. The van der Waals surface area contributed by atoms with E-state index >= 15 is 0 Å². The van der Waals surface area contributed by atoms with Gasteiger partial charge in [0.25, 0.3) is 0 Å². The summed E-state index contributed by atoms with van der Waals surface area (Å²) in [6, 6.07) is 6.75. The van der Waals surface area contributed by atoms with Crippen LogP contribution in [-0.2, 0) is 6.54 Å². The molecule has 0 aliphatic carbocycles. The van der Waals surface area contributed by atoms with Crippen LogP contribution in [0.25, 0.3) is 11.5 Å². The van der Waals surface area contributed by atoms with E-state index in [1.165, 1.54) is 6.07 Å². The lowest BCUT2D eigenvalue weighted by atomic mass is 10.0. The third-order valence-electron chi connectivity index (χ3n) is 4.41. The predicted molar refractivity (Wildman–Crippen MR) is 88.7 cm³/mol. The van der Waals surface area contributed by atoms with E-state index in [0.717, 1.165) is 31.4 Å². The molecule has 128 valence electrons. The van der Waals surface area contributed by atoms with E-state index in [1.54, 1.807) is 30.7 Å². The quantitative estimate of drug-likeness (QED) is 0.726. The molecule has 1 aliphatic heterocycles. The van der Waals surface area contributed by atoms with Crippen molar-refractivity contribution in [3.05, 3.63) is 60.1 Å². The number of halogens is 1. The Hall–Kier alpha value is -2.67. The van der Waals surface area contributed by atoms with E-state index < -0.39 is 0 Å². The molecule has 0 amide bonds. The lowest BCUT2D eigenvalue weighted by Gasteiger charge is -2.33. The fourth-order valence-electron chi connectivity index (χ4n) is 3.22. The largest absolute Gasteiger partial charge is 0.337 e. The summed E-state index contributed by atoms with van der Waals surface area (Å²) in [6.07, 6.45) is 7.97. The van der Waals surface area contributed by atoms with Crippen molar-refractivity contribution in [2.24, 2.45) is 0 Å². The lowest BCUT2D eigenvalue weighted by Crippen LogP contribution is -2.33. The van der Waals surface area contributed by atoms with E-state index in [9.17, 15) is 4.39 Å². The predicted octanol–water partition coefficient (Wildman–Crippen LogP) is 3.39. The molecule has 3 heterocycles. The molecule has 4 rings (SSSR count). The Balaban J connectivity index is 1.56. The summed E-state index contributed by atoms with van der Waals surface area (Å²) < 4.78 is 19.0. The van der Waals surface area contributed by atoms with Gasteiger partial charge in [-0.15, -0.1) is 0 Å².